The summed E-state index contributed by atoms with van der Waals surface area (Å²) in [5.41, 5.74) is 0. The number of nitrogens with one attached hydrogen (secondary N) is 1. The molecule has 0 aliphatic heterocycles. The van der Waals surface area contributed by atoms with Crippen LogP contribution in [0.1, 0.15) is 39.0 Å². The largest absolute Gasteiger partial charge is 0.358 e. The van der Waals surface area contributed by atoms with E-state index in [2.05, 4.69) is 27.2 Å². The maximum absolute atomic E-state index is 6.21. The number of aromatic nitrogens is 2. The molecule has 1 aliphatic carbocycles. The molecule has 1 heterocycles. The molecule has 1 N–H and O–H groups in total. The molecule has 0 unspecified atom stereocenters. The van der Waals surface area contributed by atoms with Crippen molar-refractivity contribution in [2.24, 2.45) is 5.92 Å². The Hall–Kier alpha value is -1.03. The summed E-state index contributed by atoms with van der Waals surface area (Å²) in [5.74, 6) is 2.25. The van der Waals surface area contributed by atoms with Gasteiger partial charge in [-0.05, 0) is 25.7 Å². The Labute approximate surface area is 120 Å². The number of rotatable bonds is 5. The van der Waals surface area contributed by atoms with Gasteiger partial charge in [-0.2, -0.15) is 4.98 Å². The minimum absolute atomic E-state index is 0.625. The van der Waals surface area contributed by atoms with Crippen LogP contribution in [-0.4, -0.2) is 30.1 Å². The molecule has 1 saturated carbocycles. The molecule has 0 bridgehead atoms. The lowest BCUT2D eigenvalue weighted by molar-refractivity contribution is 0.361. The topological polar surface area (TPSA) is 41.1 Å². The highest BCUT2D eigenvalue weighted by Crippen LogP contribution is 2.28. The Morgan fingerprint density at radius 2 is 2.11 bits per heavy atom. The van der Waals surface area contributed by atoms with E-state index in [1.165, 1.54) is 32.1 Å². The van der Waals surface area contributed by atoms with Crippen molar-refractivity contribution in [3.8, 4) is 0 Å². The van der Waals surface area contributed by atoms with Crippen LogP contribution >= 0.6 is 11.6 Å². The summed E-state index contributed by atoms with van der Waals surface area (Å²) >= 11 is 6.21. The van der Waals surface area contributed by atoms with Crippen molar-refractivity contribution in [3.63, 3.8) is 0 Å². The van der Waals surface area contributed by atoms with Crippen molar-refractivity contribution in [1.29, 1.82) is 0 Å². The molecule has 106 valence electrons. The number of nitrogens with zero attached hydrogens (tertiary/aromatic N) is 3. The summed E-state index contributed by atoms with van der Waals surface area (Å²) < 4.78 is 0. The molecular formula is C14H23ClN4. The zero-order chi connectivity index (χ0) is 13.7. The van der Waals surface area contributed by atoms with Crippen LogP contribution < -0.4 is 10.2 Å². The van der Waals surface area contributed by atoms with E-state index in [-0.39, 0.29) is 0 Å². The third-order valence-corrected chi connectivity index (χ3v) is 3.95. The fourth-order valence-corrected chi connectivity index (χ4v) is 2.95. The van der Waals surface area contributed by atoms with E-state index in [1.54, 1.807) is 6.20 Å². The molecule has 2 rings (SSSR count). The Balaban J connectivity index is 2.04. The minimum atomic E-state index is 0.625. The van der Waals surface area contributed by atoms with E-state index in [4.69, 9.17) is 11.6 Å². The second-order valence-corrected chi connectivity index (χ2v) is 5.69. The van der Waals surface area contributed by atoms with Crippen molar-refractivity contribution in [1.82, 2.24) is 9.97 Å². The summed E-state index contributed by atoms with van der Waals surface area (Å²) in [6.07, 6.45) is 8.44. The lowest BCUT2D eigenvalue weighted by Gasteiger charge is -2.28. The van der Waals surface area contributed by atoms with E-state index in [9.17, 15) is 0 Å². The van der Waals surface area contributed by atoms with Gasteiger partial charge in [-0.3, -0.25) is 0 Å². The van der Waals surface area contributed by atoms with Gasteiger partial charge < -0.3 is 10.2 Å². The van der Waals surface area contributed by atoms with Crippen LogP contribution in [0.4, 0.5) is 11.8 Å². The average Bonchev–Trinajstić information content (AvgIpc) is 2.42. The highest BCUT2D eigenvalue weighted by Gasteiger charge is 2.18. The smallest absolute Gasteiger partial charge is 0.224 e. The third kappa shape index (κ3) is 3.96. The van der Waals surface area contributed by atoms with Gasteiger partial charge in [0, 0.05) is 20.1 Å². The fraction of sp³-hybridized carbons (Fsp3) is 0.714. The maximum atomic E-state index is 6.21. The molecule has 5 heteroatoms. The van der Waals surface area contributed by atoms with E-state index in [0.29, 0.717) is 11.0 Å². The number of hydrogen-bond acceptors (Lipinski definition) is 4. The standard InChI is InChI=1S/C14H23ClN4/c1-3-16-14-17-9-12(15)13(18-14)19(2)10-11-7-5-4-6-8-11/h9,11H,3-8,10H2,1-2H3,(H,16,17,18). The Morgan fingerprint density at radius 3 is 2.79 bits per heavy atom. The van der Waals surface area contributed by atoms with Gasteiger partial charge in [0.05, 0.1) is 6.20 Å². The highest BCUT2D eigenvalue weighted by atomic mass is 35.5. The zero-order valence-corrected chi connectivity index (χ0v) is 12.6. The van der Waals surface area contributed by atoms with Crippen LogP contribution in [0.25, 0.3) is 0 Å². The van der Waals surface area contributed by atoms with Gasteiger partial charge in [-0.25, -0.2) is 4.98 Å². The summed E-state index contributed by atoms with van der Waals surface area (Å²) in [6.45, 7) is 3.87. The summed E-state index contributed by atoms with van der Waals surface area (Å²) in [6, 6.07) is 0. The lowest BCUT2D eigenvalue weighted by Crippen LogP contribution is -2.28. The van der Waals surface area contributed by atoms with Gasteiger partial charge in [-0.15, -0.1) is 0 Å². The van der Waals surface area contributed by atoms with Gasteiger partial charge in [0.15, 0.2) is 5.82 Å². The van der Waals surface area contributed by atoms with E-state index in [0.717, 1.165) is 24.8 Å². The maximum Gasteiger partial charge on any atom is 0.224 e. The van der Waals surface area contributed by atoms with E-state index >= 15 is 0 Å². The molecule has 1 aromatic heterocycles. The lowest BCUT2D eigenvalue weighted by atomic mass is 9.89. The first-order chi connectivity index (χ1) is 9.20. The third-order valence-electron chi connectivity index (χ3n) is 3.68. The summed E-state index contributed by atoms with van der Waals surface area (Å²) in [7, 11) is 2.07. The number of anilines is 2. The van der Waals surface area contributed by atoms with Crippen molar-refractivity contribution in [2.45, 2.75) is 39.0 Å². The Morgan fingerprint density at radius 1 is 1.37 bits per heavy atom. The highest BCUT2D eigenvalue weighted by molar-refractivity contribution is 6.32. The quantitative estimate of drug-likeness (QED) is 0.896. The van der Waals surface area contributed by atoms with Crippen LogP contribution in [-0.2, 0) is 0 Å². The van der Waals surface area contributed by atoms with Crippen LogP contribution in [0.2, 0.25) is 5.02 Å². The number of halogens is 1. The van der Waals surface area contributed by atoms with Gasteiger partial charge in [-0.1, -0.05) is 30.9 Å². The summed E-state index contributed by atoms with van der Waals surface area (Å²) in [5, 5.41) is 3.75. The van der Waals surface area contributed by atoms with Crippen molar-refractivity contribution in [2.75, 3.05) is 30.4 Å². The molecule has 19 heavy (non-hydrogen) atoms. The zero-order valence-electron chi connectivity index (χ0n) is 11.8. The van der Waals surface area contributed by atoms with Crippen LogP contribution in [0, 0.1) is 5.92 Å². The normalized spacial score (nSPS) is 16.4. The van der Waals surface area contributed by atoms with Gasteiger partial charge >= 0.3 is 0 Å². The minimum Gasteiger partial charge on any atom is -0.358 e. The molecule has 0 aromatic carbocycles. The molecule has 0 atom stereocenters. The van der Waals surface area contributed by atoms with Crippen LogP contribution in [0.5, 0.6) is 0 Å². The molecular weight excluding hydrogens is 260 g/mol. The van der Waals surface area contributed by atoms with Crippen molar-refractivity contribution in [3.05, 3.63) is 11.2 Å². The second-order valence-electron chi connectivity index (χ2n) is 5.28. The second kappa shape index (κ2) is 6.94. The van der Waals surface area contributed by atoms with Gasteiger partial charge in [0.2, 0.25) is 5.95 Å². The predicted molar refractivity (Wildman–Crippen MR) is 81.1 cm³/mol. The molecule has 0 spiro atoms. The van der Waals surface area contributed by atoms with Crippen molar-refractivity contribution >= 4 is 23.4 Å². The fourth-order valence-electron chi connectivity index (χ4n) is 2.71. The van der Waals surface area contributed by atoms with Crippen LogP contribution in [0.15, 0.2) is 6.20 Å². The molecule has 0 amide bonds. The van der Waals surface area contributed by atoms with Gasteiger partial charge in [0.25, 0.3) is 0 Å². The first-order valence-electron chi connectivity index (χ1n) is 7.18. The monoisotopic (exact) mass is 282 g/mol. The number of hydrogen-bond donors (Lipinski definition) is 1. The molecule has 1 fully saturated rings. The van der Waals surface area contributed by atoms with E-state index < -0.39 is 0 Å². The Bertz CT molecular complexity index is 404. The summed E-state index contributed by atoms with van der Waals surface area (Å²) in [4.78, 5) is 10.8. The average molecular weight is 283 g/mol. The molecule has 0 radical (unpaired) electrons. The molecule has 0 saturated heterocycles. The molecule has 1 aliphatic rings. The SMILES string of the molecule is CCNc1ncc(Cl)c(N(C)CC2CCCCC2)n1. The Kier molecular flexibility index (Phi) is 5.25. The predicted octanol–water partition coefficient (Wildman–Crippen LogP) is 3.58. The van der Waals surface area contributed by atoms with Crippen LogP contribution in [0.3, 0.4) is 0 Å². The first-order valence-corrected chi connectivity index (χ1v) is 7.56. The van der Waals surface area contributed by atoms with Crippen molar-refractivity contribution < 1.29 is 0 Å². The molecule has 1 aromatic rings. The van der Waals surface area contributed by atoms with Gasteiger partial charge in [0.1, 0.15) is 5.02 Å². The van der Waals surface area contributed by atoms with E-state index in [1.807, 2.05) is 6.92 Å². The molecule has 4 nitrogen and oxygen atoms in total. The first kappa shape index (κ1) is 14.4.